The molecule has 0 aliphatic heterocycles. The number of thiophene rings is 1. The van der Waals surface area contributed by atoms with E-state index < -0.39 is 0 Å². The predicted octanol–water partition coefficient (Wildman–Crippen LogP) is 4.24. The van der Waals surface area contributed by atoms with E-state index in [4.69, 9.17) is 21.1 Å². The van der Waals surface area contributed by atoms with Gasteiger partial charge in [0.1, 0.15) is 6.61 Å². The molecule has 2 rings (SSSR count). The summed E-state index contributed by atoms with van der Waals surface area (Å²) in [5, 5.41) is 9.87. The molecule has 0 saturated heterocycles. The Morgan fingerprint density at radius 1 is 1.37 bits per heavy atom. The smallest absolute Gasteiger partial charge is 0.167 e. The third-order valence-corrected chi connectivity index (χ3v) is 4.29. The Hall–Kier alpha value is -0.750. The molecule has 0 atom stereocenters. The molecule has 3 nitrogen and oxygen atoms in total. The molecule has 1 aromatic heterocycles. The van der Waals surface area contributed by atoms with Crippen LogP contribution in [0, 0.1) is 0 Å². The molecule has 0 spiro atoms. The summed E-state index contributed by atoms with van der Waals surface area (Å²) in [5.41, 5.74) is 0.611. The van der Waals surface area contributed by atoms with Crippen LogP contribution in [0.3, 0.4) is 0 Å². The Morgan fingerprint density at radius 3 is 2.74 bits per heavy atom. The average molecular weight is 364 g/mol. The lowest BCUT2D eigenvalue weighted by atomic mass is 10.2. The quantitative estimate of drug-likeness (QED) is 0.863. The standard InChI is InChI=1S/C13H12BrClO3S/c1-17-11-5-9(15)4-8(6-16)13(11)18-7-10-2-3-12(14)19-10/h2-5,16H,6-7H2,1H3. The number of benzene rings is 1. The van der Waals surface area contributed by atoms with Crippen LogP contribution in [-0.4, -0.2) is 12.2 Å². The zero-order chi connectivity index (χ0) is 13.8. The molecule has 19 heavy (non-hydrogen) atoms. The topological polar surface area (TPSA) is 38.7 Å². The highest BCUT2D eigenvalue weighted by atomic mass is 79.9. The number of methoxy groups -OCH3 is 1. The zero-order valence-corrected chi connectivity index (χ0v) is 13.3. The number of hydrogen-bond acceptors (Lipinski definition) is 4. The van der Waals surface area contributed by atoms with Crippen molar-refractivity contribution in [3.63, 3.8) is 0 Å². The lowest BCUT2D eigenvalue weighted by molar-refractivity contribution is 0.251. The van der Waals surface area contributed by atoms with E-state index in [0.717, 1.165) is 8.66 Å². The highest BCUT2D eigenvalue weighted by Gasteiger charge is 2.13. The van der Waals surface area contributed by atoms with Crippen molar-refractivity contribution < 1.29 is 14.6 Å². The van der Waals surface area contributed by atoms with Crippen molar-refractivity contribution in [3.05, 3.63) is 43.5 Å². The van der Waals surface area contributed by atoms with E-state index in [0.29, 0.717) is 28.7 Å². The van der Waals surface area contributed by atoms with Gasteiger partial charge in [0.2, 0.25) is 0 Å². The molecule has 0 amide bonds. The molecular formula is C13H12BrClO3S. The van der Waals surface area contributed by atoms with Gasteiger partial charge in [-0.25, -0.2) is 0 Å². The average Bonchev–Trinajstić information content (AvgIpc) is 2.81. The summed E-state index contributed by atoms with van der Waals surface area (Å²) in [5.74, 6) is 1.05. The minimum atomic E-state index is -0.152. The van der Waals surface area contributed by atoms with Crippen molar-refractivity contribution in [2.24, 2.45) is 0 Å². The Labute approximate surface area is 128 Å². The summed E-state index contributed by atoms with van der Waals surface area (Å²) < 4.78 is 12.0. The largest absolute Gasteiger partial charge is 0.493 e. The van der Waals surface area contributed by atoms with E-state index >= 15 is 0 Å². The van der Waals surface area contributed by atoms with Gasteiger partial charge in [-0.3, -0.25) is 0 Å². The van der Waals surface area contributed by atoms with E-state index in [1.54, 1.807) is 30.6 Å². The maximum absolute atomic E-state index is 9.37. The summed E-state index contributed by atoms with van der Waals surface area (Å²) in [7, 11) is 1.54. The number of aliphatic hydroxyl groups is 1. The highest BCUT2D eigenvalue weighted by Crippen LogP contribution is 2.35. The van der Waals surface area contributed by atoms with E-state index in [-0.39, 0.29) is 6.61 Å². The summed E-state index contributed by atoms with van der Waals surface area (Å²) in [6.07, 6.45) is 0. The van der Waals surface area contributed by atoms with E-state index in [9.17, 15) is 5.11 Å². The molecule has 6 heteroatoms. The van der Waals surface area contributed by atoms with Gasteiger partial charge < -0.3 is 14.6 Å². The summed E-state index contributed by atoms with van der Waals surface area (Å²) in [6.45, 7) is 0.266. The number of aliphatic hydroxyl groups excluding tert-OH is 1. The van der Waals surface area contributed by atoms with Crippen LogP contribution in [0.4, 0.5) is 0 Å². The van der Waals surface area contributed by atoms with Crippen molar-refractivity contribution in [1.29, 1.82) is 0 Å². The van der Waals surface area contributed by atoms with E-state index in [1.165, 1.54) is 0 Å². The van der Waals surface area contributed by atoms with Crippen LogP contribution in [0.25, 0.3) is 0 Å². The summed E-state index contributed by atoms with van der Waals surface area (Å²) in [4.78, 5) is 1.08. The second kappa shape index (κ2) is 6.61. The first-order valence-electron chi connectivity index (χ1n) is 5.48. The van der Waals surface area contributed by atoms with Crippen LogP contribution in [-0.2, 0) is 13.2 Å². The van der Waals surface area contributed by atoms with Crippen molar-refractivity contribution in [2.75, 3.05) is 7.11 Å². The van der Waals surface area contributed by atoms with Crippen molar-refractivity contribution >= 4 is 38.9 Å². The SMILES string of the molecule is COc1cc(Cl)cc(CO)c1OCc1ccc(Br)s1. The molecule has 0 aliphatic carbocycles. The van der Waals surface area contributed by atoms with Gasteiger partial charge >= 0.3 is 0 Å². The van der Waals surface area contributed by atoms with Crippen molar-refractivity contribution in [3.8, 4) is 11.5 Å². The maximum Gasteiger partial charge on any atom is 0.167 e. The fourth-order valence-electron chi connectivity index (χ4n) is 1.63. The molecule has 0 saturated carbocycles. The number of ether oxygens (including phenoxy) is 2. The minimum Gasteiger partial charge on any atom is -0.493 e. The van der Waals surface area contributed by atoms with Gasteiger partial charge in [-0.15, -0.1) is 11.3 Å². The van der Waals surface area contributed by atoms with E-state index in [1.807, 2.05) is 12.1 Å². The first-order chi connectivity index (χ1) is 9.13. The van der Waals surface area contributed by atoms with Gasteiger partial charge in [-0.2, -0.15) is 0 Å². The maximum atomic E-state index is 9.37. The van der Waals surface area contributed by atoms with Crippen LogP contribution in [0.5, 0.6) is 11.5 Å². The summed E-state index contributed by atoms with van der Waals surface area (Å²) >= 11 is 11.0. The monoisotopic (exact) mass is 362 g/mol. The first kappa shape index (κ1) is 14.7. The minimum absolute atomic E-state index is 0.152. The van der Waals surface area contributed by atoms with Crippen molar-refractivity contribution in [2.45, 2.75) is 13.2 Å². The molecular weight excluding hydrogens is 352 g/mol. The molecule has 102 valence electrons. The molecule has 0 bridgehead atoms. The molecule has 0 unspecified atom stereocenters. The molecule has 0 radical (unpaired) electrons. The van der Waals surface area contributed by atoms with Gasteiger partial charge in [-0.05, 0) is 34.1 Å². The van der Waals surface area contributed by atoms with Crippen LogP contribution in [0.1, 0.15) is 10.4 Å². The second-order valence-electron chi connectivity index (χ2n) is 3.75. The van der Waals surface area contributed by atoms with Crippen molar-refractivity contribution in [1.82, 2.24) is 0 Å². The van der Waals surface area contributed by atoms with Gasteiger partial charge in [0.15, 0.2) is 11.5 Å². The zero-order valence-electron chi connectivity index (χ0n) is 10.2. The molecule has 1 N–H and O–H groups in total. The highest BCUT2D eigenvalue weighted by molar-refractivity contribution is 9.11. The molecule has 0 aliphatic rings. The third kappa shape index (κ3) is 3.63. The van der Waals surface area contributed by atoms with Crippen LogP contribution in [0.15, 0.2) is 28.1 Å². The molecule has 1 heterocycles. The normalized spacial score (nSPS) is 10.5. The Balaban J connectivity index is 2.23. The van der Waals surface area contributed by atoms with Crippen LogP contribution >= 0.6 is 38.9 Å². The number of rotatable bonds is 5. The summed E-state index contributed by atoms with van der Waals surface area (Å²) in [6, 6.07) is 7.29. The Morgan fingerprint density at radius 2 is 2.16 bits per heavy atom. The van der Waals surface area contributed by atoms with Gasteiger partial charge in [-0.1, -0.05) is 11.6 Å². The van der Waals surface area contributed by atoms with E-state index in [2.05, 4.69) is 15.9 Å². The lowest BCUT2D eigenvalue weighted by Crippen LogP contribution is -2.00. The number of halogens is 2. The van der Waals surface area contributed by atoms with Crippen LogP contribution < -0.4 is 9.47 Å². The fourth-order valence-corrected chi connectivity index (χ4v) is 3.26. The van der Waals surface area contributed by atoms with Gasteiger partial charge in [0.25, 0.3) is 0 Å². The first-order valence-corrected chi connectivity index (χ1v) is 7.47. The molecule has 2 aromatic rings. The molecule has 1 aromatic carbocycles. The predicted molar refractivity (Wildman–Crippen MR) is 80.3 cm³/mol. The fraction of sp³-hybridized carbons (Fsp3) is 0.231. The number of hydrogen-bond donors (Lipinski definition) is 1. The molecule has 0 fully saturated rings. The second-order valence-corrected chi connectivity index (χ2v) is 6.73. The Kier molecular flexibility index (Phi) is 5.10. The van der Waals surface area contributed by atoms with Gasteiger partial charge in [0.05, 0.1) is 17.5 Å². The third-order valence-electron chi connectivity index (χ3n) is 2.47. The van der Waals surface area contributed by atoms with Crippen LogP contribution in [0.2, 0.25) is 5.02 Å². The lowest BCUT2D eigenvalue weighted by Gasteiger charge is -2.14. The Bertz CT molecular complexity index is 546. The van der Waals surface area contributed by atoms with Gasteiger partial charge in [0, 0.05) is 21.5 Å².